The first-order chi connectivity index (χ1) is 17.1. The third-order valence-corrected chi connectivity index (χ3v) is 6.16. The minimum absolute atomic E-state index is 0.169. The Morgan fingerprint density at radius 3 is 2.44 bits per heavy atom. The number of carbonyl (C=O) groups excluding carboxylic acids is 3. The van der Waals surface area contributed by atoms with Crippen molar-refractivity contribution in [1.29, 1.82) is 0 Å². The Hall–Kier alpha value is -4.21. The highest BCUT2D eigenvalue weighted by Crippen LogP contribution is 2.18. The lowest BCUT2D eigenvalue weighted by Crippen LogP contribution is -2.45. The van der Waals surface area contributed by atoms with Crippen molar-refractivity contribution < 1.29 is 19.1 Å². The van der Waals surface area contributed by atoms with E-state index in [0.29, 0.717) is 12.1 Å². The summed E-state index contributed by atoms with van der Waals surface area (Å²) in [6.07, 6.45) is 0.587. The van der Waals surface area contributed by atoms with Crippen molar-refractivity contribution in [2.24, 2.45) is 0 Å². The highest BCUT2D eigenvalue weighted by Gasteiger charge is 2.23. The Labute approximate surface area is 207 Å². The van der Waals surface area contributed by atoms with Gasteiger partial charge in [-0.3, -0.25) is 29.1 Å². The fourth-order valence-corrected chi connectivity index (χ4v) is 3.70. The predicted molar refractivity (Wildman–Crippen MR) is 136 cm³/mol. The molecule has 0 aliphatic rings. The minimum Gasteiger partial charge on any atom is -0.454 e. The first-order valence-corrected chi connectivity index (χ1v) is 11.6. The van der Waals surface area contributed by atoms with E-state index in [2.05, 4.69) is 10.4 Å². The summed E-state index contributed by atoms with van der Waals surface area (Å²) < 4.78 is 5.93. The SMILES string of the molecule is CCC(C)N(CC(=O)Nc1cccc(C)c1C)C(=O)COC(=O)Cn1[nH]c(=O)c2ccccc2c1=O. The largest absolute Gasteiger partial charge is 0.454 e. The molecule has 2 aromatic carbocycles. The molecule has 3 rings (SSSR count). The number of carbonyl (C=O) groups is 3. The highest BCUT2D eigenvalue weighted by molar-refractivity contribution is 5.95. The molecule has 0 saturated heterocycles. The van der Waals surface area contributed by atoms with Gasteiger partial charge in [-0.2, -0.15) is 0 Å². The van der Waals surface area contributed by atoms with Crippen molar-refractivity contribution in [3.05, 3.63) is 74.3 Å². The smallest absolute Gasteiger partial charge is 0.328 e. The molecule has 0 aliphatic heterocycles. The number of esters is 1. The zero-order chi connectivity index (χ0) is 26.4. The third-order valence-electron chi connectivity index (χ3n) is 6.16. The van der Waals surface area contributed by atoms with Gasteiger partial charge >= 0.3 is 5.97 Å². The van der Waals surface area contributed by atoms with E-state index in [-0.39, 0.29) is 29.3 Å². The Balaban J connectivity index is 1.64. The Morgan fingerprint density at radius 2 is 1.75 bits per heavy atom. The first kappa shape index (κ1) is 26.4. The molecule has 0 radical (unpaired) electrons. The first-order valence-electron chi connectivity index (χ1n) is 11.6. The fraction of sp³-hybridized carbons (Fsp3) is 0.346. The van der Waals surface area contributed by atoms with Crippen LogP contribution < -0.4 is 16.4 Å². The summed E-state index contributed by atoms with van der Waals surface area (Å²) in [7, 11) is 0. The summed E-state index contributed by atoms with van der Waals surface area (Å²) in [5, 5.41) is 5.55. The van der Waals surface area contributed by atoms with Gasteiger partial charge in [0.05, 0.1) is 10.8 Å². The molecule has 1 unspecified atom stereocenters. The minimum atomic E-state index is -0.875. The lowest BCUT2D eigenvalue weighted by atomic mass is 10.1. The molecule has 3 aromatic rings. The number of nitrogens with zero attached hydrogens (tertiary/aromatic N) is 2. The van der Waals surface area contributed by atoms with Crippen molar-refractivity contribution in [3.63, 3.8) is 0 Å². The lowest BCUT2D eigenvalue weighted by molar-refractivity contribution is -0.154. The summed E-state index contributed by atoms with van der Waals surface area (Å²) in [4.78, 5) is 64.0. The molecule has 1 heterocycles. The van der Waals surface area contributed by atoms with Crippen LogP contribution in [0, 0.1) is 13.8 Å². The number of aromatic amines is 1. The molecule has 0 spiro atoms. The highest BCUT2D eigenvalue weighted by atomic mass is 16.5. The van der Waals surface area contributed by atoms with Crippen molar-refractivity contribution in [3.8, 4) is 0 Å². The van der Waals surface area contributed by atoms with E-state index in [4.69, 9.17) is 4.74 Å². The van der Waals surface area contributed by atoms with Gasteiger partial charge in [-0.05, 0) is 56.5 Å². The Kier molecular flexibility index (Phi) is 8.42. The number of aryl methyl sites for hydroxylation is 1. The van der Waals surface area contributed by atoms with Gasteiger partial charge in [-0.1, -0.05) is 31.2 Å². The van der Waals surface area contributed by atoms with Crippen molar-refractivity contribution in [1.82, 2.24) is 14.7 Å². The molecule has 36 heavy (non-hydrogen) atoms. The Bertz CT molecular complexity index is 1410. The second kappa shape index (κ2) is 11.5. The van der Waals surface area contributed by atoms with E-state index in [0.717, 1.165) is 15.8 Å². The van der Waals surface area contributed by atoms with E-state index in [1.54, 1.807) is 25.1 Å². The van der Waals surface area contributed by atoms with Crippen LogP contribution in [0.15, 0.2) is 52.1 Å². The number of H-pyrrole nitrogens is 1. The van der Waals surface area contributed by atoms with Crippen molar-refractivity contribution >= 4 is 34.2 Å². The van der Waals surface area contributed by atoms with Crippen molar-refractivity contribution in [2.75, 3.05) is 18.5 Å². The molecule has 0 bridgehead atoms. The van der Waals surface area contributed by atoms with Crippen LogP contribution >= 0.6 is 0 Å². The van der Waals surface area contributed by atoms with E-state index >= 15 is 0 Å². The summed E-state index contributed by atoms with van der Waals surface area (Å²) in [5.41, 5.74) is 1.55. The molecule has 190 valence electrons. The topological polar surface area (TPSA) is 131 Å². The summed E-state index contributed by atoms with van der Waals surface area (Å²) in [6.45, 7) is 6.13. The molecular formula is C26H30N4O6. The molecule has 1 aromatic heterocycles. The molecule has 2 amide bonds. The summed E-state index contributed by atoms with van der Waals surface area (Å²) in [6, 6.07) is 11.5. The molecule has 0 saturated carbocycles. The van der Waals surface area contributed by atoms with Crippen LogP contribution in [0.5, 0.6) is 0 Å². The number of ether oxygens (including phenoxy) is 1. The maximum atomic E-state index is 12.8. The van der Waals surface area contributed by atoms with Crippen LogP contribution in [0.4, 0.5) is 5.69 Å². The quantitative estimate of drug-likeness (QED) is 0.438. The number of hydrogen-bond acceptors (Lipinski definition) is 6. The fourth-order valence-electron chi connectivity index (χ4n) is 3.70. The van der Waals surface area contributed by atoms with E-state index in [1.807, 2.05) is 32.9 Å². The van der Waals surface area contributed by atoms with Crippen LogP contribution in [0.3, 0.4) is 0 Å². The van der Waals surface area contributed by atoms with E-state index in [9.17, 15) is 24.0 Å². The average Bonchev–Trinajstić information content (AvgIpc) is 2.86. The zero-order valence-electron chi connectivity index (χ0n) is 20.8. The predicted octanol–water partition coefficient (Wildman–Crippen LogP) is 2.12. The monoisotopic (exact) mass is 494 g/mol. The maximum absolute atomic E-state index is 12.8. The van der Waals surface area contributed by atoms with Gasteiger partial charge in [-0.15, -0.1) is 0 Å². The number of anilines is 1. The lowest BCUT2D eigenvalue weighted by Gasteiger charge is -2.28. The molecule has 0 fully saturated rings. The third kappa shape index (κ3) is 6.07. The van der Waals surface area contributed by atoms with Gasteiger partial charge in [0.2, 0.25) is 5.91 Å². The second-order valence-corrected chi connectivity index (χ2v) is 8.61. The van der Waals surface area contributed by atoms with E-state index < -0.39 is 36.1 Å². The van der Waals surface area contributed by atoms with Gasteiger partial charge in [0.25, 0.3) is 17.0 Å². The van der Waals surface area contributed by atoms with Gasteiger partial charge < -0.3 is 15.0 Å². The van der Waals surface area contributed by atoms with Crippen LogP contribution in [-0.4, -0.2) is 51.7 Å². The molecule has 2 N–H and O–H groups in total. The summed E-state index contributed by atoms with van der Waals surface area (Å²) in [5.74, 6) is -1.79. The number of fused-ring (bicyclic) bond motifs is 1. The number of rotatable bonds is 9. The number of nitrogens with one attached hydrogen (secondary N) is 2. The van der Waals surface area contributed by atoms with Crippen LogP contribution in [0.25, 0.3) is 10.8 Å². The van der Waals surface area contributed by atoms with Crippen LogP contribution in [0.2, 0.25) is 0 Å². The van der Waals surface area contributed by atoms with E-state index in [1.165, 1.54) is 17.0 Å². The molecule has 1 atom stereocenters. The van der Waals surface area contributed by atoms with Crippen molar-refractivity contribution in [2.45, 2.75) is 46.7 Å². The van der Waals surface area contributed by atoms with Gasteiger partial charge in [0.1, 0.15) is 13.1 Å². The number of aromatic nitrogens is 2. The molecule has 0 aliphatic carbocycles. The van der Waals surface area contributed by atoms with Gasteiger partial charge in [0.15, 0.2) is 6.61 Å². The normalized spacial score (nSPS) is 11.7. The second-order valence-electron chi connectivity index (χ2n) is 8.61. The van der Waals surface area contributed by atoms with Crippen LogP contribution in [0.1, 0.15) is 31.4 Å². The van der Waals surface area contributed by atoms with Gasteiger partial charge in [-0.25, -0.2) is 4.68 Å². The molecule has 10 nitrogen and oxygen atoms in total. The standard InChI is InChI=1S/C26H30N4O6/c1-5-17(3)29(13-22(31)27-21-12-8-9-16(2)18(21)4)23(32)15-36-24(33)14-30-26(35)20-11-7-6-10-19(20)25(34)28-30/h6-12,17H,5,13-15H2,1-4H3,(H,27,31)(H,28,34). The number of benzene rings is 2. The van der Waals surface area contributed by atoms with Crippen LogP contribution in [-0.2, 0) is 25.7 Å². The molecular weight excluding hydrogens is 464 g/mol. The summed E-state index contributed by atoms with van der Waals surface area (Å²) >= 11 is 0. The van der Waals surface area contributed by atoms with Gasteiger partial charge in [0, 0.05) is 11.7 Å². The Morgan fingerprint density at radius 1 is 1.06 bits per heavy atom. The zero-order valence-corrected chi connectivity index (χ0v) is 20.8. The number of amides is 2. The maximum Gasteiger partial charge on any atom is 0.328 e. The average molecular weight is 495 g/mol. The molecule has 10 heteroatoms. The number of hydrogen-bond donors (Lipinski definition) is 2.